The topological polar surface area (TPSA) is 24.7 Å². The van der Waals surface area contributed by atoms with E-state index < -0.39 is 0 Å². The summed E-state index contributed by atoms with van der Waals surface area (Å²) in [5, 5.41) is 8.06. The van der Waals surface area contributed by atoms with Gasteiger partial charge in [-0.3, -0.25) is 0 Å². The molecule has 0 saturated carbocycles. The molecule has 0 aliphatic carbocycles. The van der Waals surface area contributed by atoms with Gasteiger partial charge in [0, 0.05) is 35.1 Å². The molecule has 2 aromatic carbocycles. The minimum absolute atomic E-state index is 0.778. The van der Waals surface area contributed by atoms with Gasteiger partial charge in [-0.1, -0.05) is 24.3 Å². The molecule has 0 amide bonds. The fourth-order valence-electron chi connectivity index (χ4n) is 1.65. The van der Waals surface area contributed by atoms with E-state index in [0.29, 0.717) is 0 Å². The number of rotatable bonds is 5. The van der Waals surface area contributed by atoms with E-state index in [1.165, 1.54) is 11.1 Å². The van der Waals surface area contributed by atoms with Crippen LogP contribution in [0.3, 0.4) is 0 Å². The van der Waals surface area contributed by atoms with Crippen LogP contribution in [-0.4, -0.2) is 12.4 Å². The monoisotopic (exact) mass is 300 g/mol. The fourth-order valence-corrected chi connectivity index (χ4v) is 1.95. The highest BCUT2D eigenvalue weighted by atomic mass is 32.1. The minimum Gasteiger partial charge on any atom is -0.164 e. The van der Waals surface area contributed by atoms with Gasteiger partial charge in [-0.15, -0.1) is 25.3 Å². The molecule has 0 heterocycles. The summed E-state index contributed by atoms with van der Waals surface area (Å²) in [6.07, 6.45) is 5.17. The second-order valence-electron chi connectivity index (χ2n) is 4.34. The van der Waals surface area contributed by atoms with Crippen LogP contribution in [0.1, 0.15) is 11.1 Å². The lowest BCUT2D eigenvalue weighted by atomic mass is 10.2. The average molecular weight is 300 g/mol. The average Bonchev–Trinajstić information content (AvgIpc) is 2.46. The van der Waals surface area contributed by atoms with Gasteiger partial charge in [-0.2, -0.15) is 10.2 Å². The van der Waals surface area contributed by atoms with Crippen LogP contribution < -0.4 is 0 Å². The fraction of sp³-hybridized carbons (Fsp3) is 0.125. The molecule has 20 heavy (non-hydrogen) atoms. The minimum atomic E-state index is 0.778. The number of benzene rings is 2. The molecule has 0 unspecified atom stereocenters. The maximum atomic E-state index is 4.25. The van der Waals surface area contributed by atoms with Crippen LogP contribution in [-0.2, 0) is 12.8 Å². The molecule has 0 aromatic heterocycles. The summed E-state index contributed by atoms with van der Waals surface area (Å²) >= 11 is 8.50. The summed E-state index contributed by atoms with van der Waals surface area (Å²) < 4.78 is 0. The molecular weight excluding hydrogens is 284 g/mol. The molecule has 0 radical (unpaired) electrons. The molecular formula is C16H16N2S2. The molecule has 0 saturated heterocycles. The van der Waals surface area contributed by atoms with E-state index in [-0.39, 0.29) is 0 Å². The Kier molecular flexibility index (Phi) is 5.89. The zero-order valence-electron chi connectivity index (χ0n) is 11.0. The molecule has 2 nitrogen and oxygen atoms in total. The maximum absolute atomic E-state index is 4.25. The zero-order chi connectivity index (χ0) is 14.2. The van der Waals surface area contributed by atoms with Crippen LogP contribution in [0, 0.1) is 0 Å². The van der Waals surface area contributed by atoms with Crippen LogP contribution >= 0.6 is 25.3 Å². The largest absolute Gasteiger partial charge is 0.164 e. The Morgan fingerprint density at radius 2 is 1.00 bits per heavy atom. The van der Waals surface area contributed by atoms with Crippen molar-refractivity contribution in [2.45, 2.75) is 22.6 Å². The summed E-state index contributed by atoms with van der Waals surface area (Å²) in [7, 11) is 0. The van der Waals surface area contributed by atoms with Gasteiger partial charge in [-0.05, 0) is 35.4 Å². The van der Waals surface area contributed by atoms with Gasteiger partial charge in [0.1, 0.15) is 0 Å². The van der Waals surface area contributed by atoms with Crippen molar-refractivity contribution < 1.29 is 0 Å². The molecule has 0 atom stereocenters. The van der Waals surface area contributed by atoms with Crippen molar-refractivity contribution in [3.63, 3.8) is 0 Å². The van der Waals surface area contributed by atoms with E-state index in [1.807, 2.05) is 48.5 Å². The third kappa shape index (κ3) is 5.23. The lowest BCUT2D eigenvalue weighted by molar-refractivity contribution is 1.20. The second kappa shape index (κ2) is 7.92. The van der Waals surface area contributed by atoms with E-state index in [1.54, 1.807) is 12.4 Å². The van der Waals surface area contributed by atoms with Crippen molar-refractivity contribution >= 4 is 37.7 Å². The first-order chi connectivity index (χ1) is 9.74. The predicted molar refractivity (Wildman–Crippen MR) is 91.8 cm³/mol. The quantitative estimate of drug-likeness (QED) is 0.472. The van der Waals surface area contributed by atoms with E-state index in [4.69, 9.17) is 0 Å². The summed E-state index contributed by atoms with van der Waals surface area (Å²) in [5.41, 5.74) is 2.40. The summed E-state index contributed by atoms with van der Waals surface area (Å²) in [4.78, 5) is 1.94. The van der Waals surface area contributed by atoms with E-state index in [2.05, 4.69) is 35.5 Å². The van der Waals surface area contributed by atoms with Gasteiger partial charge >= 0.3 is 0 Å². The first-order valence-electron chi connectivity index (χ1n) is 6.33. The van der Waals surface area contributed by atoms with E-state index in [9.17, 15) is 0 Å². The van der Waals surface area contributed by atoms with Gasteiger partial charge in [0.2, 0.25) is 0 Å². The summed E-state index contributed by atoms with van der Waals surface area (Å²) in [5.74, 6) is 0. The van der Waals surface area contributed by atoms with Crippen molar-refractivity contribution in [1.29, 1.82) is 0 Å². The normalized spacial score (nSPS) is 11.5. The van der Waals surface area contributed by atoms with Crippen molar-refractivity contribution in [3.05, 3.63) is 59.7 Å². The van der Waals surface area contributed by atoms with Crippen molar-refractivity contribution in [3.8, 4) is 0 Å². The summed E-state index contributed by atoms with van der Waals surface area (Å²) in [6, 6.07) is 16.0. The molecule has 0 fully saturated rings. The van der Waals surface area contributed by atoms with E-state index in [0.717, 1.165) is 22.6 Å². The first-order valence-corrected chi connectivity index (χ1v) is 7.22. The molecule has 2 aromatic rings. The van der Waals surface area contributed by atoms with Crippen LogP contribution in [0.4, 0.5) is 0 Å². The predicted octanol–water partition coefficient (Wildman–Crippen LogP) is 4.11. The van der Waals surface area contributed by atoms with E-state index >= 15 is 0 Å². The highest BCUT2D eigenvalue weighted by Crippen LogP contribution is 2.08. The number of hydrogen-bond acceptors (Lipinski definition) is 4. The number of thiol groups is 2. The molecule has 0 spiro atoms. The van der Waals surface area contributed by atoms with Crippen LogP contribution in [0.25, 0.3) is 0 Å². The highest BCUT2D eigenvalue weighted by molar-refractivity contribution is 7.80. The lowest BCUT2D eigenvalue weighted by Gasteiger charge is -1.96. The SMILES string of the molecule is Sc1ccc(C/C=N/N=C/Cc2ccc(S)cc2)cc1. The Bertz CT molecular complexity index is 531. The maximum Gasteiger partial charge on any atom is 0.0313 e. The molecule has 2 rings (SSSR count). The Labute approximate surface area is 130 Å². The van der Waals surface area contributed by atoms with Crippen LogP contribution in [0.2, 0.25) is 0 Å². The Hall–Kier alpha value is -1.52. The van der Waals surface area contributed by atoms with Crippen molar-refractivity contribution in [1.82, 2.24) is 0 Å². The molecule has 4 heteroatoms. The molecule has 0 aliphatic rings. The van der Waals surface area contributed by atoms with Crippen LogP contribution in [0.15, 0.2) is 68.5 Å². The standard InChI is InChI=1S/C16H16N2S2/c19-15-5-1-13(2-6-15)9-11-17-18-12-10-14-3-7-16(20)8-4-14/h1-8,11-12,19-20H,9-10H2/b17-11+,18-12+. The number of hydrogen-bond donors (Lipinski definition) is 2. The van der Waals surface area contributed by atoms with Crippen molar-refractivity contribution in [2.75, 3.05) is 0 Å². The first kappa shape index (κ1) is 14.9. The molecule has 0 aliphatic heterocycles. The van der Waals surface area contributed by atoms with Crippen molar-refractivity contribution in [2.24, 2.45) is 10.2 Å². The molecule has 102 valence electrons. The smallest absolute Gasteiger partial charge is 0.0313 e. The Morgan fingerprint density at radius 1 is 0.650 bits per heavy atom. The van der Waals surface area contributed by atoms with Gasteiger partial charge < -0.3 is 0 Å². The second-order valence-corrected chi connectivity index (χ2v) is 5.37. The van der Waals surface area contributed by atoms with Gasteiger partial charge in [0.15, 0.2) is 0 Å². The van der Waals surface area contributed by atoms with Gasteiger partial charge in [0.05, 0.1) is 0 Å². The lowest BCUT2D eigenvalue weighted by Crippen LogP contribution is -1.86. The zero-order valence-corrected chi connectivity index (χ0v) is 12.8. The Balaban J connectivity index is 1.76. The third-order valence-electron chi connectivity index (χ3n) is 2.76. The highest BCUT2D eigenvalue weighted by Gasteiger charge is 1.90. The number of nitrogens with zero attached hydrogens (tertiary/aromatic N) is 2. The Morgan fingerprint density at radius 3 is 1.35 bits per heavy atom. The molecule has 0 bridgehead atoms. The third-order valence-corrected chi connectivity index (χ3v) is 3.35. The van der Waals surface area contributed by atoms with Crippen LogP contribution in [0.5, 0.6) is 0 Å². The summed E-state index contributed by atoms with van der Waals surface area (Å²) in [6.45, 7) is 0. The van der Waals surface area contributed by atoms with Gasteiger partial charge in [0.25, 0.3) is 0 Å². The van der Waals surface area contributed by atoms with Gasteiger partial charge in [-0.25, -0.2) is 0 Å². The molecule has 0 N–H and O–H groups in total.